The molecule has 37 heavy (non-hydrogen) atoms. The van der Waals surface area contributed by atoms with Crippen molar-refractivity contribution in [3.63, 3.8) is 0 Å². The van der Waals surface area contributed by atoms with Crippen LogP contribution in [0.25, 0.3) is 22.4 Å². The maximum Gasteiger partial charge on any atom is 0.175 e. The average Bonchev–Trinajstić information content (AvgIpc) is 3.32. The summed E-state index contributed by atoms with van der Waals surface area (Å²) in [6, 6.07) is 11.0. The highest BCUT2D eigenvalue weighted by molar-refractivity contribution is 7.90. The molecule has 2 aromatic carbocycles. The third kappa shape index (κ3) is 5.19. The van der Waals surface area contributed by atoms with Crippen molar-refractivity contribution in [1.82, 2.24) is 19.8 Å². The van der Waals surface area contributed by atoms with Crippen molar-refractivity contribution in [2.24, 2.45) is 5.92 Å². The van der Waals surface area contributed by atoms with Crippen LogP contribution in [0.15, 0.2) is 41.3 Å². The van der Waals surface area contributed by atoms with Crippen molar-refractivity contribution >= 4 is 20.9 Å². The van der Waals surface area contributed by atoms with Gasteiger partial charge in [0.1, 0.15) is 11.3 Å². The van der Waals surface area contributed by atoms with Crippen LogP contribution in [0.4, 0.5) is 4.39 Å². The summed E-state index contributed by atoms with van der Waals surface area (Å²) < 4.78 is 44.5. The number of sulfone groups is 1. The minimum absolute atomic E-state index is 0.202. The number of imidazole rings is 1. The van der Waals surface area contributed by atoms with Crippen LogP contribution in [0.5, 0.6) is 0 Å². The van der Waals surface area contributed by atoms with Gasteiger partial charge in [0.2, 0.25) is 0 Å². The van der Waals surface area contributed by atoms with Crippen molar-refractivity contribution in [2.75, 3.05) is 52.2 Å². The predicted molar refractivity (Wildman–Crippen MR) is 142 cm³/mol. The maximum absolute atomic E-state index is 15.6. The second kappa shape index (κ2) is 10.1. The molecule has 6 rings (SSSR count). The summed E-state index contributed by atoms with van der Waals surface area (Å²) in [5.41, 5.74) is 2.49. The second-order valence-corrected chi connectivity index (χ2v) is 13.0. The molecular formula is C28H35FN4O3S. The van der Waals surface area contributed by atoms with Gasteiger partial charge in [0.15, 0.2) is 15.7 Å². The van der Waals surface area contributed by atoms with E-state index in [1.807, 2.05) is 12.1 Å². The minimum atomic E-state index is -3.27. The van der Waals surface area contributed by atoms with Gasteiger partial charge in [-0.1, -0.05) is 6.07 Å². The van der Waals surface area contributed by atoms with Gasteiger partial charge in [0.25, 0.3) is 0 Å². The van der Waals surface area contributed by atoms with E-state index in [2.05, 4.69) is 19.8 Å². The van der Waals surface area contributed by atoms with E-state index >= 15 is 4.39 Å². The monoisotopic (exact) mass is 526 g/mol. The van der Waals surface area contributed by atoms with Crippen LogP contribution in [0.1, 0.15) is 37.2 Å². The van der Waals surface area contributed by atoms with Crippen LogP contribution >= 0.6 is 0 Å². The number of hydrogen-bond acceptors (Lipinski definition) is 6. The van der Waals surface area contributed by atoms with Crippen LogP contribution in [-0.2, 0) is 14.6 Å². The summed E-state index contributed by atoms with van der Waals surface area (Å²) in [5.74, 6) is 1.23. The number of halogens is 1. The van der Waals surface area contributed by atoms with Gasteiger partial charge in [-0.3, -0.25) is 0 Å². The summed E-state index contributed by atoms with van der Waals surface area (Å²) in [7, 11) is -3.27. The van der Waals surface area contributed by atoms with Crippen molar-refractivity contribution in [3.8, 4) is 11.4 Å². The molecule has 1 N–H and O–H groups in total. The molecule has 3 saturated heterocycles. The van der Waals surface area contributed by atoms with Gasteiger partial charge in [-0.05, 0) is 93.7 Å². The molecule has 3 aliphatic rings. The molecule has 3 fully saturated rings. The number of hydrogen-bond donors (Lipinski definition) is 1. The molecule has 0 radical (unpaired) electrons. The van der Waals surface area contributed by atoms with Crippen LogP contribution < -0.4 is 0 Å². The Morgan fingerprint density at radius 1 is 1.00 bits per heavy atom. The lowest BCUT2D eigenvalue weighted by Gasteiger charge is -2.43. The van der Waals surface area contributed by atoms with Crippen molar-refractivity contribution in [3.05, 3.63) is 47.8 Å². The number of rotatable bonds is 6. The number of piperidine rings is 2. The normalized spacial score (nSPS) is 21.5. The van der Waals surface area contributed by atoms with Crippen molar-refractivity contribution < 1.29 is 17.5 Å². The van der Waals surface area contributed by atoms with Crippen LogP contribution in [0.2, 0.25) is 0 Å². The number of aromatic nitrogens is 2. The molecule has 7 nitrogen and oxygen atoms in total. The standard InChI is InChI=1S/C28H35FN4O3S/c1-37(34,35)23-4-2-21(3-5-23)28-30-25-7-6-24(26(29)27(25)31-28)20-8-14-33(15-9-20)22-10-12-32(13-11-22)16-19-17-36-18-19/h2-7,19-20,22H,8-18H2,1H3,(H,30,31). The molecule has 4 heterocycles. The second-order valence-electron chi connectivity index (χ2n) is 11.0. The smallest absolute Gasteiger partial charge is 0.175 e. The molecule has 0 spiro atoms. The molecule has 0 aliphatic carbocycles. The zero-order valence-electron chi connectivity index (χ0n) is 21.3. The fourth-order valence-corrected chi connectivity index (χ4v) is 6.80. The zero-order chi connectivity index (χ0) is 25.6. The topological polar surface area (TPSA) is 78.5 Å². The number of ether oxygens (including phenoxy) is 1. The quantitative estimate of drug-likeness (QED) is 0.522. The van der Waals surface area contributed by atoms with Gasteiger partial charge in [0.05, 0.1) is 23.6 Å². The van der Waals surface area contributed by atoms with Crippen LogP contribution in [0.3, 0.4) is 0 Å². The number of benzene rings is 2. The molecule has 3 aromatic rings. The molecule has 198 valence electrons. The molecule has 0 amide bonds. The summed E-state index contributed by atoms with van der Waals surface area (Å²) in [6.07, 6.45) is 5.55. The highest BCUT2D eigenvalue weighted by Gasteiger charge is 2.31. The van der Waals surface area contributed by atoms with Gasteiger partial charge in [0, 0.05) is 30.3 Å². The van der Waals surface area contributed by atoms with E-state index in [-0.39, 0.29) is 16.6 Å². The van der Waals surface area contributed by atoms with E-state index < -0.39 is 9.84 Å². The molecular weight excluding hydrogens is 491 g/mol. The summed E-state index contributed by atoms with van der Waals surface area (Å²) >= 11 is 0. The van der Waals surface area contributed by atoms with Gasteiger partial charge in [-0.25, -0.2) is 17.8 Å². The number of aromatic amines is 1. The molecule has 0 unspecified atom stereocenters. The Labute approximate surface area is 217 Å². The Hall–Kier alpha value is -2.33. The van der Waals surface area contributed by atoms with E-state index in [0.717, 1.165) is 56.2 Å². The third-order valence-electron chi connectivity index (χ3n) is 8.44. The zero-order valence-corrected chi connectivity index (χ0v) is 22.1. The Bertz CT molecular complexity index is 1350. The molecule has 1 aromatic heterocycles. The summed E-state index contributed by atoms with van der Waals surface area (Å²) in [5, 5.41) is 0. The lowest BCUT2D eigenvalue weighted by Crippen LogP contribution is -2.49. The minimum Gasteiger partial charge on any atom is -0.381 e. The Morgan fingerprint density at radius 2 is 1.70 bits per heavy atom. The summed E-state index contributed by atoms with van der Waals surface area (Å²) in [6.45, 7) is 7.40. The largest absolute Gasteiger partial charge is 0.381 e. The lowest BCUT2D eigenvalue weighted by molar-refractivity contribution is -0.0512. The van der Waals surface area contributed by atoms with E-state index in [9.17, 15) is 8.42 Å². The maximum atomic E-state index is 15.6. The number of H-pyrrole nitrogens is 1. The van der Waals surface area contributed by atoms with Crippen molar-refractivity contribution in [1.29, 1.82) is 0 Å². The first-order valence-corrected chi connectivity index (χ1v) is 15.3. The first-order chi connectivity index (χ1) is 17.8. The highest BCUT2D eigenvalue weighted by atomic mass is 32.2. The predicted octanol–water partition coefficient (Wildman–Crippen LogP) is 4.06. The van der Waals surface area contributed by atoms with Gasteiger partial charge >= 0.3 is 0 Å². The van der Waals surface area contributed by atoms with Gasteiger partial charge < -0.3 is 19.5 Å². The molecule has 0 atom stereocenters. The number of likely N-dealkylation sites (tertiary alicyclic amines) is 2. The summed E-state index contributed by atoms with van der Waals surface area (Å²) in [4.78, 5) is 13.2. The number of fused-ring (bicyclic) bond motifs is 1. The van der Waals surface area contributed by atoms with Crippen molar-refractivity contribution in [2.45, 2.75) is 42.5 Å². The number of nitrogens with one attached hydrogen (secondary N) is 1. The first-order valence-electron chi connectivity index (χ1n) is 13.4. The number of nitrogens with zero attached hydrogens (tertiary/aromatic N) is 3. The van der Waals surface area contributed by atoms with E-state index in [1.165, 1.54) is 38.7 Å². The van der Waals surface area contributed by atoms with E-state index in [1.54, 1.807) is 24.3 Å². The Morgan fingerprint density at radius 3 is 2.32 bits per heavy atom. The molecule has 0 bridgehead atoms. The molecule has 3 aliphatic heterocycles. The molecule has 9 heteroatoms. The van der Waals surface area contributed by atoms with Gasteiger partial charge in [-0.2, -0.15) is 0 Å². The van der Waals surface area contributed by atoms with Crippen LogP contribution in [0, 0.1) is 11.7 Å². The SMILES string of the molecule is CS(=O)(=O)c1ccc(-c2nc3c(F)c(C4CCN(C5CCN(CC6COC6)CC5)CC4)ccc3[nH]2)cc1. The average molecular weight is 527 g/mol. The lowest BCUT2D eigenvalue weighted by atomic mass is 9.87. The van der Waals surface area contributed by atoms with E-state index in [0.29, 0.717) is 22.9 Å². The van der Waals surface area contributed by atoms with E-state index in [4.69, 9.17) is 4.74 Å². The Balaban J connectivity index is 1.10. The highest BCUT2D eigenvalue weighted by Crippen LogP contribution is 2.35. The Kier molecular flexibility index (Phi) is 6.81. The van der Waals surface area contributed by atoms with Crippen LogP contribution in [-0.4, -0.2) is 86.4 Å². The fraction of sp³-hybridized carbons (Fsp3) is 0.536. The first kappa shape index (κ1) is 25.0. The van der Waals surface area contributed by atoms with Gasteiger partial charge in [-0.15, -0.1) is 0 Å². The third-order valence-corrected chi connectivity index (χ3v) is 9.57. The fourth-order valence-electron chi connectivity index (χ4n) is 6.17. The molecule has 0 saturated carbocycles.